The Kier molecular flexibility index (Phi) is 8.54. The number of halogens is 1. The number of hydrogen-bond donors (Lipinski definition) is 0. The lowest BCUT2D eigenvalue weighted by Gasteiger charge is -2.25. The van der Waals surface area contributed by atoms with E-state index in [4.69, 9.17) is 4.74 Å². The third kappa shape index (κ3) is 6.51. The lowest BCUT2D eigenvalue weighted by molar-refractivity contribution is -0.142. The van der Waals surface area contributed by atoms with Gasteiger partial charge in [0.05, 0.1) is 24.9 Å². The number of amides is 2. The van der Waals surface area contributed by atoms with Gasteiger partial charge >= 0.3 is 0 Å². The summed E-state index contributed by atoms with van der Waals surface area (Å²) in [7, 11) is 3.39. The van der Waals surface area contributed by atoms with Crippen molar-refractivity contribution in [1.29, 1.82) is 0 Å². The zero-order valence-corrected chi connectivity index (χ0v) is 20.1. The number of hydrogen-bond acceptors (Lipinski definition) is 4. The molecule has 0 aliphatic rings. The second-order valence-corrected chi connectivity index (χ2v) is 8.35. The third-order valence-corrected chi connectivity index (χ3v) is 5.76. The van der Waals surface area contributed by atoms with Crippen LogP contribution in [0.15, 0.2) is 60.8 Å². The predicted molar refractivity (Wildman–Crippen MR) is 128 cm³/mol. The van der Waals surface area contributed by atoms with Gasteiger partial charge < -0.3 is 14.5 Å². The van der Waals surface area contributed by atoms with Gasteiger partial charge in [0.2, 0.25) is 0 Å². The van der Waals surface area contributed by atoms with Crippen LogP contribution in [0.25, 0.3) is 0 Å². The molecule has 3 aromatic rings. The minimum Gasteiger partial charge on any atom is -0.364 e. The van der Waals surface area contributed by atoms with Crippen molar-refractivity contribution in [3.8, 4) is 0 Å². The summed E-state index contributed by atoms with van der Waals surface area (Å²) in [5.41, 5.74) is 3.24. The molecule has 2 aromatic carbocycles. The first-order chi connectivity index (χ1) is 16.3. The Hall–Kier alpha value is -3.52. The largest absolute Gasteiger partial charge is 0.364 e. The monoisotopic (exact) mass is 466 g/mol. The van der Waals surface area contributed by atoms with E-state index in [-0.39, 0.29) is 24.2 Å². The van der Waals surface area contributed by atoms with Gasteiger partial charge in [-0.25, -0.2) is 4.39 Å². The fourth-order valence-corrected chi connectivity index (χ4v) is 3.47. The van der Waals surface area contributed by atoms with E-state index in [0.717, 1.165) is 16.8 Å². The standard InChI is InChI=1S/C26H31FN4O3/c1-19-24(16-28-31(19)17-21-8-6-5-7-9-21)26(33)30(4)15-14-29(3)25(32)20(2)34-18-22-10-12-23(27)13-11-22/h5-13,16,20H,14-15,17-18H2,1-4H3. The minimum atomic E-state index is -0.658. The molecule has 0 spiro atoms. The van der Waals surface area contributed by atoms with E-state index in [1.54, 1.807) is 49.1 Å². The number of aromatic nitrogens is 2. The number of ether oxygens (including phenoxy) is 1. The van der Waals surface area contributed by atoms with Gasteiger partial charge in [-0.15, -0.1) is 0 Å². The molecule has 0 N–H and O–H groups in total. The van der Waals surface area contributed by atoms with Crippen molar-refractivity contribution in [2.45, 2.75) is 33.1 Å². The average Bonchev–Trinajstić information content (AvgIpc) is 3.21. The maximum absolute atomic E-state index is 13.0. The minimum absolute atomic E-state index is 0.140. The summed E-state index contributed by atoms with van der Waals surface area (Å²) in [5, 5.41) is 4.38. The molecule has 1 unspecified atom stereocenters. The summed E-state index contributed by atoms with van der Waals surface area (Å²) in [6.07, 6.45) is 0.937. The number of carbonyl (C=O) groups is 2. The summed E-state index contributed by atoms with van der Waals surface area (Å²) >= 11 is 0. The number of rotatable bonds is 10. The summed E-state index contributed by atoms with van der Waals surface area (Å²) in [5.74, 6) is -0.641. The van der Waals surface area contributed by atoms with Gasteiger partial charge in [0, 0.05) is 32.9 Å². The number of carbonyl (C=O) groups excluding carboxylic acids is 2. The second-order valence-electron chi connectivity index (χ2n) is 8.35. The zero-order valence-electron chi connectivity index (χ0n) is 20.1. The molecule has 1 aromatic heterocycles. The summed E-state index contributed by atoms with van der Waals surface area (Å²) < 4.78 is 20.5. The van der Waals surface area contributed by atoms with E-state index >= 15 is 0 Å². The fourth-order valence-electron chi connectivity index (χ4n) is 3.47. The lowest BCUT2D eigenvalue weighted by Crippen LogP contribution is -2.41. The van der Waals surface area contributed by atoms with E-state index in [9.17, 15) is 14.0 Å². The molecule has 0 saturated heterocycles. The Bertz CT molecular complexity index is 1100. The van der Waals surface area contributed by atoms with Crippen molar-refractivity contribution >= 4 is 11.8 Å². The van der Waals surface area contributed by atoms with Gasteiger partial charge in [-0.3, -0.25) is 14.3 Å². The molecule has 34 heavy (non-hydrogen) atoms. The van der Waals surface area contributed by atoms with Gasteiger partial charge in [0.15, 0.2) is 0 Å². The lowest BCUT2D eigenvalue weighted by atomic mass is 10.2. The molecule has 0 saturated carbocycles. The highest BCUT2D eigenvalue weighted by Gasteiger charge is 2.21. The molecular formula is C26H31FN4O3. The Morgan fingerprint density at radius 2 is 1.65 bits per heavy atom. The van der Waals surface area contributed by atoms with Gasteiger partial charge in [0.25, 0.3) is 11.8 Å². The first-order valence-corrected chi connectivity index (χ1v) is 11.2. The van der Waals surface area contributed by atoms with Gasteiger partial charge in [-0.05, 0) is 37.1 Å². The quantitative estimate of drug-likeness (QED) is 0.459. The molecular weight excluding hydrogens is 435 g/mol. The van der Waals surface area contributed by atoms with Crippen molar-refractivity contribution in [3.63, 3.8) is 0 Å². The molecule has 0 bridgehead atoms. The maximum Gasteiger partial charge on any atom is 0.257 e. The van der Waals surface area contributed by atoms with Crippen LogP contribution in [0.1, 0.15) is 34.1 Å². The molecule has 7 nitrogen and oxygen atoms in total. The van der Waals surface area contributed by atoms with Crippen molar-refractivity contribution in [3.05, 3.63) is 89.0 Å². The Morgan fingerprint density at radius 1 is 1.00 bits per heavy atom. The highest BCUT2D eigenvalue weighted by molar-refractivity contribution is 5.95. The first kappa shape index (κ1) is 25.1. The number of benzene rings is 2. The van der Waals surface area contributed by atoms with Crippen LogP contribution in [0.4, 0.5) is 4.39 Å². The first-order valence-electron chi connectivity index (χ1n) is 11.2. The van der Waals surface area contributed by atoms with Crippen LogP contribution in [0, 0.1) is 12.7 Å². The maximum atomic E-state index is 13.0. The molecule has 0 fully saturated rings. The molecule has 0 aliphatic carbocycles. The van der Waals surface area contributed by atoms with Crippen LogP contribution in [0.5, 0.6) is 0 Å². The van der Waals surface area contributed by atoms with E-state index < -0.39 is 6.10 Å². The smallest absolute Gasteiger partial charge is 0.257 e. The number of likely N-dealkylation sites (N-methyl/N-ethyl adjacent to an activating group) is 2. The second kappa shape index (κ2) is 11.6. The molecule has 3 rings (SSSR count). The highest BCUT2D eigenvalue weighted by atomic mass is 19.1. The van der Waals surface area contributed by atoms with E-state index in [1.807, 2.05) is 41.9 Å². The Morgan fingerprint density at radius 3 is 2.32 bits per heavy atom. The van der Waals surface area contributed by atoms with Gasteiger partial charge in [0.1, 0.15) is 11.9 Å². The topological polar surface area (TPSA) is 67.7 Å². The van der Waals surface area contributed by atoms with Crippen molar-refractivity contribution < 1.29 is 18.7 Å². The Labute approximate surface area is 199 Å². The molecule has 1 atom stereocenters. The fraction of sp³-hybridized carbons (Fsp3) is 0.346. The van der Waals surface area contributed by atoms with Crippen LogP contribution in [-0.2, 0) is 22.7 Å². The summed E-state index contributed by atoms with van der Waals surface area (Å²) in [6, 6.07) is 15.9. The summed E-state index contributed by atoms with van der Waals surface area (Å²) in [4.78, 5) is 28.7. The predicted octanol–water partition coefficient (Wildman–Crippen LogP) is 3.51. The van der Waals surface area contributed by atoms with Crippen LogP contribution in [0.2, 0.25) is 0 Å². The number of nitrogens with zero attached hydrogens (tertiary/aromatic N) is 4. The van der Waals surface area contributed by atoms with E-state index in [2.05, 4.69) is 5.10 Å². The highest BCUT2D eigenvalue weighted by Crippen LogP contribution is 2.13. The molecule has 2 amide bonds. The van der Waals surface area contributed by atoms with E-state index in [1.165, 1.54) is 12.1 Å². The van der Waals surface area contributed by atoms with Crippen LogP contribution in [-0.4, -0.2) is 64.7 Å². The molecule has 8 heteroatoms. The normalized spacial score (nSPS) is 11.8. The van der Waals surface area contributed by atoms with Crippen molar-refractivity contribution in [2.24, 2.45) is 0 Å². The Balaban J connectivity index is 1.49. The third-order valence-electron chi connectivity index (χ3n) is 5.76. The molecule has 0 radical (unpaired) electrons. The van der Waals surface area contributed by atoms with Crippen molar-refractivity contribution in [1.82, 2.24) is 19.6 Å². The average molecular weight is 467 g/mol. The van der Waals surface area contributed by atoms with Gasteiger partial charge in [-0.2, -0.15) is 5.10 Å². The molecule has 0 aliphatic heterocycles. The van der Waals surface area contributed by atoms with Crippen LogP contribution >= 0.6 is 0 Å². The SMILES string of the molecule is Cc1c(C(=O)N(C)CCN(C)C(=O)C(C)OCc2ccc(F)cc2)cnn1Cc1ccccc1. The summed E-state index contributed by atoms with van der Waals surface area (Å²) in [6.45, 7) is 5.11. The van der Waals surface area contributed by atoms with Crippen LogP contribution < -0.4 is 0 Å². The molecule has 1 heterocycles. The van der Waals surface area contributed by atoms with Crippen LogP contribution in [0.3, 0.4) is 0 Å². The molecule has 180 valence electrons. The van der Waals surface area contributed by atoms with Gasteiger partial charge in [-0.1, -0.05) is 42.5 Å². The zero-order chi connectivity index (χ0) is 24.7. The van der Waals surface area contributed by atoms with Crippen molar-refractivity contribution in [2.75, 3.05) is 27.2 Å². The van der Waals surface area contributed by atoms with E-state index in [0.29, 0.717) is 25.2 Å².